The second kappa shape index (κ2) is 8.30. The maximum atomic E-state index is 13.8. The molecule has 0 spiro atoms. The molecule has 2 aromatic heterocycles. The van der Waals surface area contributed by atoms with Gasteiger partial charge in [0.25, 0.3) is 0 Å². The molecular weight excluding hydrogens is 413 g/mol. The molecule has 0 saturated carbocycles. The molecular formula is C19H19BrFN5O. The summed E-state index contributed by atoms with van der Waals surface area (Å²) in [5.41, 5.74) is 2.40. The minimum Gasteiger partial charge on any atom is -0.305 e. The van der Waals surface area contributed by atoms with Gasteiger partial charge in [-0.25, -0.2) is 4.39 Å². The van der Waals surface area contributed by atoms with Crippen LogP contribution in [0.3, 0.4) is 0 Å². The van der Waals surface area contributed by atoms with E-state index in [2.05, 4.69) is 31.4 Å². The maximum Gasteiger partial charge on any atom is 0.249 e. The lowest BCUT2D eigenvalue weighted by atomic mass is 10.2. The Kier molecular flexibility index (Phi) is 5.85. The van der Waals surface area contributed by atoms with Gasteiger partial charge in [0.2, 0.25) is 5.91 Å². The van der Waals surface area contributed by atoms with E-state index < -0.39 is 0 Å². The number of aromatic nitrogens is 4. The highest BCUT2D eigenvalue weighted by Crippen LogP contribution is 2.21. The number of nitrogens with one attached hydrogen (secondary N) is 1. The van der Waals surface area contributed by atoms with Crippen LogP contribution >= 0.6 is 15.9 Å². The number of aryl methyl sites for hydroxylation is 1. The Balaban J connectivity index is 1.67. The lowest BCUT2D eigenvalue weighted by molar-refractivity contribution is -0.111. The zero-order valence-electron chi connectivity index (χ0n) is 15.0. The van der Waals surface area contributed by atoms with Crippen molar-refractivity contribution in [3.63, 3.8) is 0 Å². The molecule has 0 atom stereocenters. The third-order valence-electron chi connectivity index (χ3n) is 4.10. The van der Waals surface area contributed by atoms with E-state index in [1.165, 1.54) is 12.1 Å². The zero-order chi connectivity index (χ0) is 19.4. The van der Waals surface area contributed by atoms with E-state index in [4.69, 9.17) is 0 Å². The SMILES string of the molecule is CCn1ncc(/C=C/C(=O)Nc2nn(Cc3ccccc3F)cc2Br)c1C. The summed E-state index contributed by atoms with van der Waals surface area (Å²) < 4.78 is 17.8. The molecule has 1 aromatic carbocycles. The Hall–Kier alpha value is -2.74. The summed E-state index contributed by atoms with van der Waals surface area (Å²) in [7, 11) is 0. The van der Waals surface area contributed by atoms with Crippen molar-refractivity contribution >= 4 is 33.7 Å². The Morgan fingerprint density at radius 3 is 2.85 bits per heavy atom. The Morgan fingerprint density at radius 1 is 1.37 bits per heavy atom. The molecule has 2 heterocycles. The van der Waals surface area contributed by atoms with Crippen molar-refractivity contribution in [3.8, 4) is 0 Å². The zero-order valence-corrected chi connectivity index (χ0v) is 16.6. The van der Waals surface area contributed by atoms with Gasteiger partial charge in [-0.1, -0.05) is 18.2 Å². The second-order valence-electron chi connectivity index (χ2n) is 5.94. The van der Waals surface area contributed by atoms with Crippen molar-refractivity contribution in [2.24, 2.45) is 0 Å². The van der Waals surface area contributed by atoms with E-state index in [0.29, 0.717) is 15.9 Å². The average molecular weight is 432 g/mol. The van der Waals surface area contributed by atoms with Crippen LogP contribution in [0.1, 0.15) is 23.7 Å². The first-order valence-electron chi connectivity index (χ1n) is 8.45. The lowest BCUT2D eigenvalue weighted by Crippen LogP contribution is -2.10. The molecule has 3 rings (SSSR count). The van der Waals surface area contributed by atoms with Gasteiger partial charge < -0.3 is 5.32 Å². The van der Waals surface area contributed by atoms with Crippen LogP contribution in [-0.4, -0.2) is 25.5 Å². The molecule has 3 aromatic rings. The lowest BCUT2D eigenvalue weighted by Gasteiger charge is -2.03. The summed E-state index contributed by atoms with van der Waals surface area (Å²) in [6.07, 6.45) is 6.57. The van der Waals surface area contributed by atoms with Crippen LogP contribution in [0.5, 0.6) is 0 Å². The first-order chi connectivity index (χ1) is 13.0. The summed E-state index contributed by atoms with van der Waals surface area (Å²) >= 11 is 3.37. The molecule has 27 heavy (non-hydrogen) atoms. The number of carbonyl (C=O) groups excluding carboxylic acids is 1. The maximum absolute atomic E-state index is 13.8. The first-order valence-corrected chi connectivity index (χ1v) is 9.25. The topological polar surface area (TPSA) is 64.7 Å². The largest absolute Gasteiger partial charge is 0.305 e. The van der Waals surface area contributed by atoms with Gasteiger partial charge >= 0.3 is 0 Å². The van der Waals surface area contributed by atoms with Crippen LogP contribution in [0.25, 0.3) is 6.08 Å². The smallest absolute Gasteiger partial charge is 0.249 e. The van der Waals surface area contributed by atoms with Gasteiger partial charge in [-0.3, -0.25) is 14.2 Å². The van der Waals surface area contributed by atoms with Gasteiger partial charge in [0.15, 0.2) is 5.82 Å². The summed E-state index contributed by atoms with van der Waals surface area (Å²) in [6, 6.07) is 6.52. The quantitative estimate of drug-likeness (QED) is 0.599. The van der Waals surface area contributed by atoms with E-state index in [9.17, 15) is 9.18 Å². The number of nitrogens with zero attached hydrogens (tertiary/aromatic N) is 4. The average Bonchev–Trinajstić information content (AvgIpc) is 3.17. The van der Waals surface area contributed by atoms with E-state index in [1.807, 2.05) is 18.5 Å². The van der Waals surface area contributed by atoms with Crippen molar-refractivity contribution in [1.82, 2.24) is 19.6 Å². The van der Waals surface area contributed by atoms with Crippen molar-refractivity contribution in [2.75, 3.05) is 5.32 Å². The number of benzene rings is 1. The molecule has 1 amide bonds. The van der Waals surface area contributed by atoms with Crippen molar-refractivity contribution < 1.29 is 9.18 Å². The normalized spacial score (nSPS) is 11.3. The van der Waals surface area contributed by atoms with Crippen molar-refractivity contribution in [2.45, 2.75) is 26.9 Å². The third kappa shape index (κ3) is 4.51. The second-order valence-corrected chi connectivity index (χ2v) is 6.79. The summed E-state index contributed by atoms with van der Waals surface area (Å²) in [6.45, 7) is 5.01. The molecule has 0 aliphatic carbocycles. The van der Waals surface area contributed by atoms with Crippen molar-refractivity contribution in [3.05, 3.63) is 69.8 Å². The highest BCUT2D eigenvalue weighted by molar-refractivity contribution is 9.10. The predicted molar refractivity (Wildman–Crippen MR) is 106 cm³/mol. The summed E-state index contributed by atoms with van der Waals surface area (Å²) in [4.78, 5) is 12.2. The highest BCUT2D eigenvalue weighted by atomic mass is 79.9. The number of hydrogen-bond donors (Lipinski definition) is 1. The fraction of sp³-hybridized carbons (Fsp3) is 0.211. The monoisotopic (exact) mass is 431 g/mol. The van der Waals surface area contributed by atoms with Crippen LogP contribution in [0, 0.1) is 12.7 Å². The number of amides is 1. The number of rotatable bonds is 6. The predicted octanol–water partition coefficient (Wildman–Crippen LogP) is 4.01. The van der Waals surface area contributed by atoms with Gasteiger partial charge in [-0.05, 0) is 41.9 Å². The Morgan fingerprint density at radius 2 is 2.15 bits per heavy atom. The number of hydrogen-bond acceptors (Lipinski definition) is 3. The summed E-state index contributed by atoms with van der Waals surface area (Å²) in [5.74, 6) is -0.224. The molecule has 0 aliphatic heterocycles. The molecule has 0 aliphatic rings. The fourth-order valence-corrected chi connectivity index (χ4v) is 3.05. The van der Waals surface area contributed by atoms with Gasteiger partial charge in [0.05, 0.1) is 17.2 Å². The van der Waals surface area contributed by atoms with Gasteiger partial charge in [-0.2, -0.15) is 10.2 Å². The molecule has 0 saturated heterocycles. The highest BCUT2D eigenvalue weighted by Gasteiger charge is 2.11. The van der Waals surface area contributed by atoms with Crippen LogP contribution in [-0.2, 0) is 17.9 Å². The van der Waals surface area contributed by atoms with Gasteiger partial charge in [0, 0.05) is 35.6 Å². The number of carbonyl (C=O) groups is 1. The molecule has 1 N–H and O–H groups in total. The molecule has 140 valence electrons. The van der Waals surface area contributed by atoms with E-state index in [1.54, 1.807) is 41.4 Å². The van der Waals surface area contributed by atoms with E-state index in [0.717, 1.165) is 17.8 Å². The standard InChI is InChI=1S/C19H19BrFN5O/c1-3-26-13(2)14(10-22-26)8-9-18(27)23-19-16(20)12-25(24-19)11-15-6-4-5-7-17(15)21/h4-10,12H,3,11H2,1-2H3,(H,23,24,27)/b9-8+. The first kappa shape index (κ1) is 19.0. The van der Waals surface area contributed by atoms with Crippen LogP contribution in [0.15, 0.2) is 47.2 Å². The van der Waals surface area contributed by atoms with Crippen LogP contribution in [0.4, 0.5) is 10.2 Å². The number of halogens is 2. The van der Waals surface area contributed by atoms with Gasteiger partial charge in [-0.15, -0.1) is 0 Å². The van der Waals surface area contributed by atoms with Crippen LogP contribution in [0.2, 0.25) is 0 Å². The Labute approximate surface area is 164 Å². The Bertz CT molecular complexity index is 992. The molecule has 0 bridgehead atoms. The molecule has 6 nitrogen and oxygen atoms in total. The minimum absolute atomic E-state index is 0.270. The molecule has 0 radical (unpaired) electrons. The van der Waals surface area contributed by atoms with Crippen molar-refractivity contribution in [1.29, 1.82) is 0 Å². The molecule has 0 fully saturated rings. The fourth-order valence-electron chi connectivity index (χ4n) is 2.63. The number of anilines is 1. The minimum atomic E-state index is -0.310. The molecule has 0 unspecified atom stereocenters. The molecule has 8 heteroatoms. The van der Waals surface area contributed by atoms with E-state index in [-0.39, 0.29) is 18.3 Å². The van der Waals surface area contributed by atoms with Crippen LogP contribution < -0.4 is 5.32 Å². The summed E-state index contributed by atoms with van der Waals surface area (Å²) in [5, 5.41) is 11.3. The van der Waals surface area contributed by atoms with Gasteiger partial charge in [0.1, 0.15) is 5.82 Å². The van der Waals surface area contributed by atoms with E-state index >= 15 is 0 Å². The third-order valence-corrected chi connectivity index (χ3v) is 4.68.